The molecule has 0 saturated heterocycles. The van der Waals surface area contributed by atoms with Crippen LogP contribution in [0.25, 0.3) is 0 Å². The van der Waals surface area contributed by atoms with E-state index in [0.29, 0.717) is 16.5 Å². The van der Waals surface area contributed by atoms with Crippen molar-refractivity contribution in [3.63, 3.8) is 0 Å². The summed E-state index contributed by atoms with van der Waals surface area (Å²) in [6.45, 7) is 1.86. The maximum atomic E-state index is 12.1. The molecule has 1 aromatic heterocycles. The van der Waals surface area contributed by atoms with E-state index in [4.69, 9.17) is 4.74 Å². The molecule has 17 heavy (non-hydrogen) atoms. The molecule has 1 heterocycles. The van der Waals surface area contributed by atoms with Gasteiger partial charge in [-0.3, -0.25) is 4.79 Å². The second-order valence-corrected chi connectivity index (χ2v) is 5.54. The first-order chi connectivity index (χ1) is 8.10. The molecule has 0 spiro atoms. The number of rotatable bonds is 5. The lowest BCUT2D eigenvalue weighted by Gasteiger charge is -2.28. The first-order valence-corrected chi connectivity index (χ1v) is 6.53. The van der Waals surface area contributed by atoms with E-state index in [-0.39, 0.29) is 12.5 Å². The number of carbonyl (C=O) groups is 1. The lowest BCUT2D eigenvalue weighted by atomic mass is 9.97. The molecular formula is C12H17NO3S. The molecule has 1 fully saturated rings. The molecule has 0 radical (unpaired) electrons. The van der Waals surface area contributed by atoms with Crippen molar-refractivity contribution >= 4 is 17.2 Å². The average Bonchev–Trinajstić information content (AvgIpc) is 3.07. The molecule has 4 nitrogen and oxygen atoms in total. The van der Waals surface area contributed by atoms with E-state index in [1.807, 2.05) is 12.3 Å². The van der Waals surface area contributed by atoms with Gasteiger partial charge in [-0.15, -0.1) is 11.3 Å². The number of aliphatic hydroxyl groups excluding tert-OH is 1. The van der Waals surface area contributed by atoms with Gasteiger partial charge in [-0.2, -0.15) is 0 Å². The highest BCUT2D eigenvalue weighted by atomic mass is 32.1. The molecule has 5 heteroatoms. The smallest absolute Gasteiger partial charge is 0.265 e. The Morgan fingerprint density at radius 3 is 2.94 bits per heavy atom. The number of hydrogen-bond acceptors (Lipinski definition) is 4. The Hall–Kier alpha value is -1.07. The highest BCUT2D eigenvalue weighted by Crippen LogP contribution is 2.39. The van der Waals surface area contributed by atoms with Gasteiger partial charge in [0.05, 0.1) is 19.3 Å². The number of amides is 1. The fraction of sp³-hybridized carbons (Fsp3) is 0.583. The standard InChI is InChI=1S/C12H17NO3S/c1-12(7-14,8-3-4-8)13-11(15)10-9(16-2)5-6-17-10/h5-6,8,14H,3-4,7H2,1-2H3,(H,13,15). The summed E-state index contributed by atoms with van der Waals surface area (Å²) in [6, 6.07) is 1.77. The van der Waals surface area contributed by atoms with Gasteiger partial charge in [0.2, 0.25) is 0 Å². The van der Waals surface area contributed by atoms with Crippen molar-refractivity contribution in [2.24, 2.45) is 5.92 Å². The molecule has 0 aromatic carbocycles. The van der Waals surface area contributed by atoms with Crippen LogP contribution >= 0.6 is 11.3 Å². The summed E-state index contributed by atoms with van der Waals surface area (Å²) in [5.74, 6) is 0.811. The molecule has 1 aromatic rings. The quantitative estimate of drug-likeness (QED) is 0.841. The Morgan fingerprint density at radius 1 is 1.71 bits per heavy atom. The number of thiophene rings is 1. The molecule has 1 atom stereocenters. The fourth-order valence-electron chi connectivity index (χ4n) is 1.93. The fourth-order valence-corrected chi connectivity index (χ4v) is 2.68. The zero-order valence-corrected chi connectivity index (χ0v) is 10.8. The number of carbonyl (C=O) groups excluding carboxylic acids is 1. The number of methoxy groups -OCH3 is 1. The third-order valence-corrected chi connectivity index (χ3v) is 4.16. The first kappa shape index (κ1) is 12.4. The van der Waals surface area contributed by atoms with E-state index in [1.54, 1.807) is 13.2 Å². The normalized spacial score (nSPS) is 18.5. The van der Waals surface area contributed by atoms with Crippen LogP contribution in [0.5, 0.6) is 5.75 Å². The van der Waals surface area contributed by atoms with Gasteiger partial charge < -0.3 is 15.2 Å². The van der Waals surface area contributed by atoms with E-state index in [9.17, 15) is 9.90 Å². The van der Waals surface area contributed by atoms with Crippen molar-refractivity contribution in [2.75, 3.05) is 13.7 Å². The summed E-state index contributed by atoms with van der Waals surface area (Å²) in [7, 11) is 1.55. The summed E-state index contributed by atoms with van der Waals surface area (Å²) in [6.07, 6.45) is 2.14. The van der Waals surface area contributed by atoms with Crippen LogP contribution in [0.2, 0.25) is 0 Å². The molecule has 2 rings (SSSR count). The number of hydrogen-bond donors (Lipinski definition) is 2. The maximum absolute atomic E-state index is 12.1. The third kappa shape index (κ3) is 2.45. The van der Waals surface area contributed by atoms with Crippen molar-refractivity contribution in [3.05, 3.63) is 16.3 Å². The Balaban J connectivity index is 2.10. The summed E-state index contributed by atoms with van der Waals surface area (Å²) < 4.78 is 5.12. The average molecular weight is 255 g/mol. The van der Waals surface area contributed by atoms with Crippen molar-refractivity contribution in [3.8, 4) is 5.75 Å². The van der Waals surface area contributed by atoms with E-state index < -0.39 is 5.54 Å². The Morgan fingerprint density at radius 2 is 2.41 bits per heavy atom. The molecule has 1 unspecified atom stereocenters. The largest absolute Gasteiger partial charge is 0.495 e. The summed E-state index contributed by atoms with van der Waals surface area (Å²) in [4.78, 5) is 12.7. The van der Waals surface area contributed by atoms with Crippen LogP contribution in [0, 0.1) is 5.92 Å². The minimum atomic E-state index is -0.508. The number of nitrogens with one attached hydrogen (secondary N) is 1. The number of ether oxygens (including phenoxy) is 1. The minimum absolute atomic E-state index is 0.0307. The first-order valence-electron chi connectivity index (χ1n) is 5.65. The van der Waals surface area contributed by atoms with Gasteiger partial charge in [-0.05, 0) is 37.1 Å². The second kappa shape index (κ2) is 4.66. The van der Waals surface area contributed by atoms with Gasteiger partial charge in [0.25, 0.3) is 5.91 Å². The molecule has 94 valence electrons. The second-order valence-electron chi connectivity index (χ2n) is 4.62. The maximum Gasteiger partial charge on any atom is 0.265 e. The van der Waals surface area contributed by atoms with Crippen LogP contribution in [0.3, 0.4) is 0 Å². The molecule has 1 saturated carbocycles. The SMILES string of the molecule is COc1ccsc1C(=O)NC(C)(CO)C1CC1. The van der Waals surface area contributed by atoms with Crippen LogP contribution < -0.4 is 10.1 Å². The molecule has 0 aliphatic heterocycles. The van der Waals surface area contributed by atoms with Crippen LogP contribution in [0.1, 0.15) is 29.4 Å². The van der Waals surface area contributed by atoms with E-state index >= 15 is 0 Å². The summed E-state index contributed by atoms with van der Waals surface area (Å²) in [5, 5.41) is 14.2. The highest BCUT2D eigenvalue weighted by molar-refractivity contribution is 7.12. The molecule has 1 amide bonds. The summed E-state index contributed by atoms with van der Waals surface area (Å²) in [5.41, 5.74) is -0.508. The van der Waals surface area contributed by atoms with Gasteiger partial charge in [0.15, 0.2) is 0 Å². The number of aliphatic hydroxyl groups is 1. The molecule has 2 N–H and O–H groups in total. The van der Waals surface area contributed by atoms with Crippen LogP contribution in [-0.2, 0) is 0 Å². The predicted octanol–water partition coefficient (Wildman–Crippen LogP) is 1.65. The summed E-state index contributed by atoms with van der Waals surface area (Å²) >= 11 is 1.35. The molecule has 0 bridgehead atoms. The van der Waals surface area contributed by atoms with Gasteiger partial charge in [0, 0.05) is 0 Å². The van der Waals surface area contributed by atoms with Gasteiger partial charge >= 0.3 is 0 Å². The molecule has 1 aliphatic carbocycles. The Bertz CT molecular complexity index is 414. The predicted molar refractivity (Wildman–Crippen MR) is 66.6 cm³/mol. The van der Waals surface area contributed by atoms with E-state index in [2.05, 4.69) is 5.32 Å². The monoisotopic (exact) mass is 255 g/mol. The van der Waals surface area contributed by atoms with Gasteiger partial charge in [-0.25, -0.2) is 0 Å². The van der Waals surface area contributed by atoms with Gasteiger partial charge in [0.1, 0.15) is 10.6 Å². The third-order valence-electron chi connectivity index (χ3n) is 3.26. The topological polar surface area (TPSA) is 58.6 Å². The van der Waals surface area contributed by atoms with Crippen LogP contribution in [0.15, 0.2) is 11.4 Å². The zero-order chi connectivity index (χ0) is 12.5. The Labute approximate surface area is 105 Å². The van der Waals surface area contributed by atoms with E-state index in [0.717, 1.165) is 12.8 Å². The van der Waals surface area contributed by atoms with Crippen molar-refractivity contribution in [1.82, 2.24) is 5.32 Å². The lowest BCUT2D eigenvalue weighted by Crippen LogP contribution is -2.50. The van der Waals surface area contributed by atoms with E-state index in [1.165, 1.54) is 11.3 Å². The van der Waals surface area contributed by atoms with Crippen LogP contribution in [0.4, 0.5) is 0 Å². The minimum Gasteiger partial charge on any atom is -0.495 e. The highest BCUT2D eigenvalue weighted by Gasteiger charge is 2.42. The molecule has 1 aliphatic rings. The van der Waals surface area contributed by atoms with Gasteiger partial charge in [-0.1, -0.05) is 0 Å². The van der Waals surface area contributed by atoms with Crippen molar-refractivity contribution < 1.29 is 14.6 Å². The molecular weight excluding hydrogens is 238 g/mol. The van der Waals surface area contributed by atoms with Crippen molar-refractivity contribution in [1.29, 1.82) is 0 Å². The lowest BCUT2D eigenvalue weighted by molar-refractivity contribution is 0.0826. The van der Waals surface area contributed by atoms with Crippen molar-refractivity contribution in [2.45, 2.75) is 25.3 Å². The Kier molecular flexibility index (Phi) is 3.40. The zero-order valence-electron chi connectivity index (χ0n) is 10.0. The van der Waals surface area contributed by atoms with Crippen LogP contribution in [-0.4, -0.2) is 30.3 Å².